The highest BCUT2D eigenvalue weighted by Crippen LogP contribution is 2.22. The molecule has 0 aliphatic rings. The zero-order chi connectivity index (χ0) is 17.5. The molecule has 0 radical (unpaired) electrons. The standard InChI is InChI=1S/C18H22ClN3O2/c1-22(2)17(13-5-4-6-16(11-13)24-3)12-20-18(23)21-15-9-7-14(19)8-10-15/h4-11,17H,12H2,1-3H3,(H2,20,21,23)/t17-/m0/s1. The highest BCUT2D eigenvalue weighted by atomic mass is 35.5. The van der Waals surface area contributed by atoms with Crippen molar-refractivity contribution in [3.05, 3.63) is 59.1 Å². The Morgan fingerprint density at radius 2 is 1.92 bits per heavy atom. The number of methoxy groups -OCH3 is 1. The molecule has 24 heavy (non-hydrogen) atoms. The minimum absolute atomic E-state index is 0.0380. The fraction of sp³-hybridized carbons (Fsp3) is 0.278. The molecule has 0 saturated heterocycles. The zero-order valence-electron chi connectivity index (χ0n) is 14.0. The third kappa shape index (κ3) is 5.15. The molecule has 0 saturated carbocycles. The summed E-state index contributed by atoms with van der Waals surface area (Å²) in [5.41, 5.74) is 1.77. The van der Waals surface area contributed by atoms with Crippen molar-refractivity contribution < 1.29 is 9.53 Å². The number of hydrogen-bond donors (Lipinski definition) is 2. The minimum atomic E-state index is -0.257. The van der Waals surface area contributed by atoms with Gasteiger partial charge in [0.15, 0.2) is 0 Å². The highest BCUT2D eigenvalue weighted by Gasteiger charge is 2.16. The van der Waals surface area contributed by atoms with Crippen molar-refractivity contribution in [3.8, 4) is 5.75 Å². The molecule has 0 heterocycles. The Morgan fingerprint density at radius 3 is 2.54 bits per heavy atom. The smallest absolute Gasteiger partial charge is 0.319 e. The van der Waals surface area contributed by atoms with Crippen LogP contribution in [0.3, 0.4) is 0 Å². The van der Waals surface area contributed by atoms with E-state index in [1.54, 1.807) is 31.4 Å². The lowest BCUT2D eigenvalue weighted by Crippen LogP contribution is -2.36. The van der Waals surface area contributed by atoms with E-state index >= 15 is 0 Å². The van der Waals surface area contributed by atoms with Crippen LogP contribution in [-0.4, -0.2) is 38.7 Å². The van der Waals surface area contributed by atoms with Crippen LogP contribution in [0.4, 0.5) is 10.5 Å². The summed E-state index contributed by atoms with van der Waals surface area (Å²) in [6.45, 7) is 0.472. The van der Waals surface area contributed by atoms with Crippen molar-refractivity contribution in [1.82, 2.24) is 10.2 Å². The van der Waals surface area contributed by atoms with Gasteiger partial charge in [-0.05, 0) is 56.1 Å². The normalized spacial score (nSPS) is 11.9. The molecule has 128 valence electrons. The first-order valence-electron chi connectivity index (χ1n) is 7.60. The van der Waals surface area contributed by atoms with Crippen molar-refractivity contribution in [2.24, 2.45) is 0 Å². The number of hydrogen-bond acceptors (Lipinski definition) is 3. The van der Waals surface area contributed by atoms with Gasteiger partial charge in [-0.15, -0.1) is 0 Å². The van der Waals surface area contributed by atoms with Crippen LogP contribution in [0, 0.1) is 0 Å². The molecule has 0 fully saturated rings. The van der Waals surface area contributed by atoms with E-state index in [1.807, 2.05) is 38.4 Å². The number of carbonyl (C=O) groups is 1. The second-order valence-corrected chi connectivity index (χ2v) is 6.03. The summed E-state index contributed by atoms with van der Waals surface area (Å²) >= 11 is 5.83. The maximum atomic E-state index is 12.1. The Hall–Kier alpha value is -2.24. The quantitative estimate of drug-likeness (QED) is 0.836. The van der Waals surface area contributed by atoms with Crippen molar-refractivity contribution in [1.29, 1.82) is 0 Å². The monoisotopic (exact) mass is 347 g/mol. The van der Waals surface area contributed by atoms with E-state index in [9.17, 15) is 4.79 Å². The molecular weight excluding hydrogens is 326 g/mol. The number of rotatable bonds is 6. The first kappa shape index (κ1) is 18.1. The summed E-state index contributed by atoms with van der Waals surface area (Å²) in [7, 11) is 5.59. The summed E-state index contributed by atoms with van der Waals surface area (Å²) < 4.78 is 5.27. The zero-order valence-corrected chi connectivity index (χ0v) is 14.8. The van der Waals surface area contributed by atoms with E-state index in [-0.39, 0.29) is 12.1 Å². The van der Waals surface area contributed by atoms with E-state index in [1.165, 1.54) is 0 Å². The predicted molar refractivity (Wildman–Crippen MR) is 97.9 cm³/mol. The van der Waals surface area contributed by atoms with Crippen molar-refractivity contribution >= 4 is 23.3 Å². The van der Waals surface area contributed by atoms with Gasteiger partial charge in [0.1, 0.15) is 5.75 Å². The van der Waals surface area contributed by atoms with Crippen LogP contribution in [0.15, 0.2) is 48.5 Å². The fourth-order valence-electron chi connectivity index (χ4n) is 2.35. The van der Waals surface area contributed by atoms with Gasteiger partial charge in [-0.25, -0.2) is 4.79 Å². The molecule has 1 atom stereocenters. The van der Waals surface area contributed by atoms with E-state index < -0.39 is 0 Å². The molecule has 2 N–H and O–H groups in total. The number of likely N-dealkylation sites (N-methyl/N-ethyl adjacent to an activating group) is 1. The SMILES string of the molecule is COc1cccc([C@H](CNC(=O)Nc2ccc(Cl)cc2)N(C)C)c1. The van der Waals surface area contributed by atoms with Gasteiger partial charge in [0.05, 0.1) is 13.2 Å². The first-order valence-corrected chi connectivity index (χ1v) is 7.98. The summed E-state index contributed by atoms with van der Waals surface area (Å²) in [4.78, 5) is 14.1. The number of carbonyl (C=O) groups excluding carboxylic acids is 1. The average molecular weight is 348 g/mol. The number of benzene rings is 2. The number of ether oxygens (including phenoxy) is 1. The van der Waals surface area contributed by atoms with Crippen molar-refractivity contribution in [2.75, 3.05) is 33.1 Å². The van der Waals surface area contributed by atoms with Crippen LogP contribution in [0.5, 0.6) is 5.75 Å². The van der Waals surface area contributed by atoms with Gasteiger partial charge < -0.3 is 20.3 Å². The molecule has 0 unspecified atom stereocenters. The van der Waals surface area contributed by atoms with Crippen molar-refractivity contribution in [2.45, 2.75) is 6.04 Å². The van der Waals surface area contributed by atoms with Crippen LogP contribution in [-0.2, 0) is 0 Å². The molecule has 0 aliphatic carbocycles. The second-order valence-electron chi connectivity index (χ2n) is 5.60. The third-order valence-electron chi connectivity index (χ3n) is 3.66. The van der Waals surface area contributed by atoms with Gasteiger partial charge >= 0.3 is 6.03 Å². The number of halogens is 1. The summed E-state index contributed by atoms with van der Waals surface area (Å²) in [6.07, 6.45) is 0. The number of amides is 2. The van der Waals surface area contributed by atoms with Crippen LogP contribution in [0.2, 0.25) is 5.02 Å². The third-order valence-corrected chi connectivity index (χ3v) is 3.91. The lowest BCUT2D eigenvalue weighted by Gasteiger charge is -2.25. The fourth-order valence-corrected chi connectivity index (χ4v) is 2.47. The second kappa shape index (κ2) is 8.57. The lowest BCUT2D eigenvalue weighted by atomic mass is 10.1. The minimum Gasteiger partial charge on any atom is -0.497 e. The molecular formula is C18H22ClN3O2. The van der Waals surface area contributed by atoms with Crippen LogP contribution in [0.1, 0.15) is 11.6 Å². The Balaban J connectivity index is 1.98. The highest BCUT2D eigenvalue weighted by molar-refractivity contribution is 6.30. The van der Waals surface area contributed by atoms with E-state index in [2.05, 4.69) is 15.5 Å². The molecule has 2 amide bonds. The van der Waals surface area contributed by atoms with Gasteiger partial charge in [-0.1, -0.05) is 23.7 Å². The van der Waals surface area contributed by atoms with Crippen molar-refractivity contribution in [3.63, 3.8) is 0 Å². The summed E-state index contributed by atoms with van der Waals surface area (Å²) in [6, 6.07) is 14.6. The van der Waals surface area contributed by atoms with E-state index in [0.29, 0.717) is 17.3 Å². The largest absolute Gasteiger partial charge is 0.497 e. The molecule has 0 bridgehead atoms. The molecule has 6 heteroatoms. The molecule has 0 aliphatic heterocycles. The van der Waals surface area contributed by atoms with Gasteiger partial charge in [-0.3, -0.25) is 0 Å². The molecule has 0 spiro atoms. The Kier molecular flexibility index (Phi) is 6.46. The van der Waals surface area contributed by atoms with Gasteiger partial charge in [0, 0.05) is 17.3 Å². The maximum Gasteiger partial charge on any atom is 0.319 e. The number of nitrogens with one attached hydrogen (secondary N) is 2. The molecule has 0 aromatic heterocycles. The van der Waals surface area contributed by atoms with Gasteiger partial charge in [0.25, 0.3) is 0 Å². The maximum absolute atomic E-state index is 12.1. The molecule has 2 aromatic carbocycles. The van der Waals surface area contributed by atoms with Gasteiger partial charge in [0.2, 0.25) is 0 Å². The van der Waals surface area contributed by atoms with E-state index in [4.69, 9.17) is 16.3 Å². The first-order chi connectivity index (χ1) is 11.5. The summed E-state index contributed by atoms with van der Waals surface area (Å²) in [5, 5.41) is 6.31. The molecule has 2 aromatic rings. The number of nitrogens with zero attached hydrogens (tertiary/aromatic N) is 1. The van der Waals surface area contributed by atoms with Crippen LogP contribution in [0.25, 0.3) is 0 Å². The average Bonchev–Trinajstić information content (AvgIpc) is 2.57. The number of urea groups is 1. The molecule has 2 rings (SSSR count). The Morgan fingerprint density at radius 1 is 1.21 bits per heavy atom. The van der Waals surface area contributed by atoms with E-state index in [0.717, 1.165) is 11.3 Å². The molecule has 5 nitrogen and oxygen atoms in total. The van der Waals surface area contributed by atoms with Gasteiger partial charge in [-0.2, -0.15) is 0 Å². The topological polar surface area (TPSA) is 53.6 Å². The number of anilines is 1. The van der Waals surface area contributed by atoms with Crippen LogP contribution < -0.4 is 15.4 Å². The lowest BCUT2D eigenvalue weighted by molar-refractivity contribution is 0.243. The Labute approximate surface area is 147 Å². The summed E-state index contributed by atoms with van der Waals surface area (Å²) in [5.74, 6) is 0.796. The van der Waals surface area contributed by atoms with Crippen LogP contribution >= 0.6 is 11.6 Å². The Bertz CT molecular complexity index is 674. The predicted octanol–water partition coefficient (Wildman–Crippen LogP) is 3.77.